The number of carbonyl (C=O) groups excluding carboxylic acids is 3. The van der Waals surface area contributed by atoms with Gasteiger partial charge in [-0.15, -0.1) is 0 Å². The first kappa shape index (κ1) is 15.8. The Morgan fingerprint density at radius 1 is 0.808 bits per heavy atom. The number of hydrogen-bond acceptors (Lipinski definition) is 4. The van der Waals surface area contributed by atoms with Crippen molar-refractivity contribution < 1.29 is 19.2 Å². The fraction of sp³-hybridized carbons (Fsp3) is 0.0500. The van der Waals surface area contributed by atoms with Crippen LogP contribution in [0.3, 0.4) is 0 Å². The van der Waals surface area contributed by atoms with Crippen molar-refractivity contribution in [1.29, 1.82) is 0 Å². The minimum Gasteiger partial charge on any atom is -0.329 e. The number of imide groups is 1. The van der Waals surface area contributed by atoms with Crippen LogP contribution in [0.5, 0.6) is 0 Å². The molecule has 0 unspecified atom stereocenters. The van der Waals surface area contributed by atoms with Crippen molar-refractivity contribution in [2.75, 3.05) is 0 Å². The Morgan fingerprint density at radius 3 is 1.96 bits per heavy atom. The molecule has 2 aromatic carbocycles. The topological polar surface area (TPSA) is 68.6 Å². The van der Waals surface area contributed by atoms with E-state index in [1.807, 2.05) is 41.2 Å². The molecule has 0 radical (unpaired) electrons. The number of rotatable bonds is 4. The zero-order chi connectivity index (χ0) is 18.1. The highest BCUT2D eigenvalue weighted by atomic mass is 16.7. The maximum absolute atomic E-state index is 12.2. The van der Waals surface area contributed by atoms with Crippen LogP contribution in [-0.4, -0.2) is 27.4 Å². The molecular weight excluding hydrogens is 332 g/mol. The van der Waals surface area contributed by atoms with E-state index in [2.05, 4.69) is 0 Å². The van der Waals surface area contributed by atoms with Crippen molar-refractivity contribution in [3.05, 3.63) is 89.7 Å². The summed E-state index contributed by atoms with van der Waals surface area (Å²) in [6.45, 7) is 0. The van der Waals surface area contributed by atoms with E-state index in [4.69, 9.17) is 4.84 Å². The Hall–Kier alpha value is -3.67. The van der Waals surface area contributed by atoms with Gasteiger partial charge in [-0.25, -0.2) is 4.79 Å². The van der Waals surface area contributed by atoms with Crippen LogP contribution in [0.4, 0.5) is 0 Å². The molecule has 1 aliphatic heterocycles. The normalized spacial score (nSPS) is 13.0. The molecule has 0 fully saturated rings. The summed E-state index contributed by atoms with van der Waals surface area (Å²) in [6.07, 6.45) is 3.80. The summed E-state index contributed by atoms with van der Waals surface area (Å²) in [4.78, 5) is 41.6. The van der Waals surface area contributed by atoms with Gasteiger partial charge in [0, 0.05) is 18.1 Å². The van der Waals surface area contributed by atoms with Gasteiger partial charge in [0.2, 0.25) is 0 Å². The lowest BCUT2D eigenvalue weighted by molar-refractivity contribution is -0.167. The first-order valence-electron chi connectivity index (χ1n) is 8.04. The largest absolute Gasteiger partial charge is 0.337 e. The highest BCUT2D eigenvalue weighted by Gasteiger charge is 2.38. The molecule has 26 heavy (non-hydrogen) atoms. The smallest absolute Gasteiger partial charge is 0.329 e. The number of aromatic nitrogens is 1. The first-order valence-corrected chi connectivity index (χ1v) is 8.04. The lowest BCUT2D eigenvalue weighted by Gasteiger charge is -2.12. The number of carbonyl (C=O) groups is 3. The molecule has 4 rings (SSSR count). The molecule has 0 spiro atoms. The predicted octanol–water partition coefficient (Wildman–Crippen LogP) is 2.77. The number of benzene rings is 2. The minimum absolute atomic E-state index is 0.0423. The number of fused-ring (bicyclic) bond motifs is 1. The van der Waals surface area contributed by atoms with Crippen LogP contribution >= 0.6 is 0 Å². The molecule has 0 atom stereocenters. The number of hydroxylamine groups is 2. The third-order valence-corrected chi connectivity index (χ3v) is 4.14. The molecule has 1 aromatic heterocycles. The van der Waals surface area contributed by atoms with Crippen LogP contribution < -0.4 is 0 Å². The maximum Gasteiger partial charge on any atom is 0.337 e. The maximum atomic E-state index is 12.2. The van der Waals surface area contributed by atoms with Crippen molar-refractivity contribution in [3.63, 3.8) is 0 Å². The van der Waals surface area contributed by atoms with Gasteiger partial charge < -0.3 is 9.40 Å². The molecule has 0 N–H and O–H groups in total. The zero-order valence-corrected chi connectivity index (χ0v) is 13.7. The monoisotopic (exact) mass is 346 g/mol. The van der Waals surface area contributed by atoms with Crippen LogP contribution in [0, 0.1) is 0 Å². The lowest BCUT2D eigenvalue weighted by Crippen LogP contribution is -2.33. The number of hydrogen-bond donors (Lipinski definition) is 0. The molecule has 128 valence electrons. The SMILES string of the molecule is O=C(Cc1ccc(-n2cccc2)cc1)ON1C(=O)c2ccccc2C1=O. The average Bonchev–Trinajstić information content (AvgIpc) is 3.27. The fourth-order valence-electron chi connectivity index (χ4n) is 2.84. The van der Waals surface area contributed by atoms with Crippen molar-refractivity contribution in [2.24, 2.45) is 0 Å². The Labute approximate surface area is 149 Å². The van der Waals surface area contributed by atoms with Crippen LogP contribution in [0.2, 0.25) is 0 Å². The molecule has 3 aromatic rings. The molecule has 0 bridgehead atoms. The Kier molecular flexibility index (Phi) is 3.85. The van der Waals surface area contributed by atoms with Gasteiger partial charge in [0.25, 0.3) is 11.8 Å². The third kappa shape index (κ3) is 2.77. The molecular formula is C20H14N2O4. The van der Waals surface area contributed by atoms with Crippen LogP contribution in [-0.2, 0) is 16.1 Å². The summed E-state index contributed by atoms with van der Waals surface area (Å²) in [6, 6.07) is 17.6. The van der Waals surface area contributed by atoms with Crippen molar-refractivity contribution >= 4 is 17.8 Å². The Balaban J connectivity index is 1.43. The molecule has 6 nitrogen and oxygen atoms in total. The highest BCUT2D eigenvalue weighted by molar-refractivity contribution is 6.20. The van der Waals surface area contributed by atoms with E-state index < -0.39 is 17.8 Å². The van der Waals surface area contributed by atoms with Gasteiger partial charge in [-0.1, -0.05) is 29.3 Å². The van der Waals surface area contributed by atoms with Crippen LogP contribution in [0.1, 0.15) is 26.3 Å². The quantitative estimate of drug-likeness (QED) is 0.681. The Morgan fingerprint density at radius 2 is 1.38 bits per heavy atom. The predicted molar refractivity (Wildman–Crippen MR) is 92.5 cm³/mol. The summed E-state index contributed by atoms with van der Waals surface area (Å²) in [5, 5.41) is 0.529. The van der Waals surface area contributed by atoms with Crippen LogP contribution in [0.15, 0.2) is 73.1 Å². The third-order valence-electron chi connectivity index (χ3n) is 4.14. The van der Waals surface area contributed by atoms with Crippen molar-refractivity contribution in [3.8, 4) is 5.69 Å². The zero-order valence-electron chi connectivity index (χ0n) is 13.7. The number of amides is 2. The summed E-state index contributed by atoms with van der Waals surface area (Å²) >= 11 is 0. The van der Waals surface area contributed by atoms with E-state index in [-0.39, 0.29) is 17.5 Å². The second-order valence-corrected chi connectivity index (χ2v) is 5.85. The highest BCUT2D eigenvalue weighted by Crippen LogP contribution is 2.23. The van der Waals surface area contributed by atoms with Crippen molar-refractivity contribution in [1.82, 2.24) is 9.63 Å². The molecule has 0 aliphatic carbocycles. The van der Waals surface area contributed by atoms with Crippen LogP contribution in [0.25, 0.3) is 5.69 Å². The lowest BCUT2D eigenvalue weighted by atomic mass is 10.1. The minimum atomic E-state index is -0.673. The summed E-state index contributed by atoms with van der Waals surface area (Å²) in [5.74, 6) is -1.92. The molecule has 1 aliphatic rings. The van der Waals surface area contributed by atoms with E-state index in [9.17, 15) is 14.4 Å². The van der Waals surface area contributed by atoms with Gasteiger partial charge in [0.05, 0.1) is 17.5 Å². The van der Waals surface area contributed by atoms with Gasteiger partial charge in [-0.2, -0.15) is 0 Å². The molecule has 2 heterocycles. The summed E-state index contributed by atoms with van der Waals surface area (Å²) < 4.78 is 1.95. The second kappa shape index (κ2) is 6.33. The van der Waals surface area contributed by atoms with Crippen molar-refractivity contribution in [2.45, 2.75) is 6.42 Å². The molecule has 2 amide bonds. The van der Waals surface area contributed by atoms with E-state index in [1.54, 1.807) is 24.3 Å². The summed E-state index contributed by atoms with van der Waals surface area (Å²) in [7, 11) is 0. The Bertz CT molecular complexity index is 956. The van der Waals surface area contributed by atoms with Gasteiger partial charge in [0.1, 0.15) is 0 Å². The van der Waals surface area contributed by atoms with E-state index >= 15 is 0 Å². The fourth-order valence-corrected chi connectivity index (χ4v) is 2.84. The molecule has 6 heteroatoms. The molecule has 0 saturated carbocycles. The number of nitrogens with zero attached hydrogens (tertiary/aromatic N) is 2. The molecule has 0 saturated heterocycles. The first-order chi connectivity index (χ1) is 12.6. The second-order valence-electron chi connectivity index (χ2n) is 5.85. The van der Waals surface area contributed by atoms with E-state index in [1.165, 1.54) is 12.1 Å². The van der Waals surface area contributed by atoms with Gasteiger partial charge >= 0.3 is 5.97 Å². The van der Waals surface area contributed by atoms with Gasteiger partial charge in [0.15, 0.2) is 0 Å². The van der Waals surface area contributed by atoms with Gasteiger partial charge in [-0.05, 0) is 42.0 Å². The summed E-state index contributed by atoms with van der Waals surface area (Å²) in [5.41, 5.74) is 2.16. The standard InChI is InChI=1S/C20H14N2O4/c23-18(13-14-7-9-15(10-8-14)21-11-3-4-12-21)26-22-19(24)16-5-1-2-6-17(16)20(22)25/h1-12H,13H2. The van der Waals surface area contributed by atoms with E-state index in [0.717, 1.165) is 11.3 Å². The van der Waals surface area contributed by atoms with Gasteiger partial charge in [-0.3, -0.25) is 9.59 Å². The van der Waals surface area contributed by atoms with E-state index in [0.29, 0.717) is 5.06 Å². The average molecular weight is 346 g/mol.